The number of aromatic nitrogens is 1. The fraction of sp³-hybridized carbons (Fsp3) is 0.350. The molecule has 0 aliphatic carbocycles. The third-order valence-corrected chi connectivity index (χ3v) is 5.60. The van der Waals surface area contributed by atoms with Crippen molar-refractivity contribution < 1.29 is 14.3 Å². The number of amides is 1. The van der Waals surface area contributed by atoms with E-state index in [1.54, 1.807) is 18.4 Å². The summed E-state index contributed by atoms with van der Waals surface area (Å²) in [6, 6.07) is 12.0. The van der Waals surface area contributed by atoms with Crippen LogP contribution in [0.4, 0.5) is 0 Å². The van der Waals surface area contributed by atoms with E-state index in [1.165, 1.54) is 0 Å². The van der Waals surface area contributed by atoms with Crippen molar-refractivity contribution in [2.75, 3.05) is 20.3 Å². The molecule has 1 amide bonds. The normalized spacial score (nSPS) is 16.9. The molecule has 0 saturated carbocycles. The Bertz CT molecular complexity index is 909. The molecule has 136 valence electrons. The van der Waals surface area contributed by atoms with Gasteiger partial charge in [-0.15, -0.1) is 11.3 Å². The van der Waals surface area contributed by atoms with E-state index >= 15 is 0 Å². The van der Waals surface area contributed by atoms with E-state index in [4.69, 9.17) is 9.47 Å². The molecule has 0 bridgehead atoms. The van der Waals surface area contributed by atoms with E-state index in [-0.39, 0.29) is 12.0 Å². The van der Waals surface area contributed by atoms with Crippen molar-refractivity contribution in [3.8, 4) is 5.75 Å². The van der Waals surface area contributed by atoms with Crippen molar-refractivity contribution >= 4 is 27.5 Å². The van der Waals surface area contributed by atoms with Crippen LogP contribution in [0, 0.1) is 0 Å². The summed E-state index contributed by atoms with van der Waals surface area (Å²) in [6.07, 6.45) is 2.23. The molecule has 6 heteroatoms. The van der Waals surface area contributed by atoms with Crippen molar-refractivity contribution in [3.05, 3.63) is 53.0 Å². The molecule has 4 rings (SSSR count). The van der Waals surface area contributed by atoms with Crippen molar-refractivity contribution in [1.29, 1.82) is 0 Å². The van der Waals surface area contributed by atoms with Crippen LogP contribution in [0.2, 0.25) is 0 Å². The van der Waals surface area contributed by atoms with Crippen molar-refractivity contribution in [1.82, 2.24) is 9.88 Å². The fourth-order valence-corrected chi connectivity index (χ4v) is 4.21. The second kappa shape index (κ2) is 7.51. The minimum atomic E-state index is -0.0493. The predicted octanol–water partition coefficient (Wildman–Crippen LogP) is 3.67. The molecule has 3 heterocycles. The third kappa shape index (κ3) is 3.48. The molecule has 1 aliphatic heterocycles. The Labute approximate surface area is 156 Å². The minimum absolute atomic E-state index is 0.0493. The molecule has 1 fully saturated rings. The van der Waals surface area contributed by atoms with Crippen LogP contribution >= 0.6 is 11.3 Å². The lowest BCUT2D eigenvalue weighted by Gasteiger charge is -2.14. The van der Waals surface area contributed by atoms with Gasteiger partial charge in [0.25, 0.3) is 5.91 Å². The molecule has 1 aliphatic rings. The lowest BCUT2D eigenvalue weighted by atomic mass is 10.2. The number of nitrogens with one attached hydrogen (secondary N) is 1. The lowest BCUT2D eigenvalue weighted by Crippen LogP contribution is -2.33. The number of carbonyl (C=O) groups excluding carboxylic acids is 1. The van der Waals surface area contributed by atoms with E-state index < -0.39 is 0 Å². The molecular formula is C20H22N2O3S. The average Bonchev–Trinajstić information content (AvgIpc) is 3.39. The summed E-state index contributed by atoms with van der Waals surface area (Å²) < 4.78 is 14.1. The van der Waals surface area contributed by atoms with Gasteiger partial charge < -0.3 is 19.4 Å². The van der Waals surface area contributed by atoms with Gasteiger partial charge in [-0.1, -0.05) is 12.1 Å². The van der Waals surface area contributed by atoms with E-state index in [0.717, 1.165) is 41.0 Å². The Hall–Kier alpha value is -2.31. The maximum atomic E-state index is 12.8. The quantitative estimate of drug-likeness (QED) is 0.720. The highest BCUT2D eigenvalue weighted by Crippen LogP contribution is 2.27. The highest BCUT2D eigenvalue weighted by atomic mass is 32.1. The molecular weight excluding hydrogens is 348 g/mol. The minimum Gasteiger partial charge on any atom is -0.497 e. The number of rotatable bonds is 6. The van der Waals surface area contributed by atoms with Gasteiger partial charge in [0.15, 0.2) is 0 Å². The van der Waals surface area contributed by atoms with Gasteiger partial charge in [-0.25, -0.2) is 0 Å². The molecule has 1 N–H and O–H groups in total. The van der Waals surface area contributed by atoms with Crippen LogP contribution < -0.4 is 10.1 Å². The fourth-order valence-electron chi connectivity index (χ4n) is 3.39. The Morgan fingerprint density at radius 2 is 2.31 bits per heavy atom. The number of methoxy groups -OCH3 is 1. The van der Waals surface area contributed by atoms with Crippen LogP contribution in [0.25, 0.3) is 10.2 Å². The van der Waals surface area contributed by atoms with E-state index in [2.05, 4.69) is 27.4 Å². The summed E-state index contributed by atoms with van der Waals surface area (Å²) in [7, 11) is 1.66. The molecule has 1 atom stereocenters. The molecule has 26 heavy (non-hydrogen) atoms. The smallest absolute Gasteiger partial charge is 0.268 e. The number of ether oxygens (including phenoxy) is 2. The molecule has 3 aromatic rings. The molecule has 5 nitrogen and oxygen atoms in total. The summed E-state index contributed by atoms with van der Waals surface area (Å²) in [4.78, 5) is 12.8. The second-order valence-corrected chi connectivity index (χ2v) is 7.43. The van der Waals surface area contributed by atoms with E-state index in [9.17, 15) is 4.79 Å². The highest BCUT2D eigenvalue weighted by Gasteiger charge is 2.20. The zero-order valence-corrected chi connectivity index (χ0v) is 15.6. The van der Waals surface area contributed by atoms with Gasteiger partial charge in [-0.3, -0.25) is 4.79 Å². The largest absolute Gasteiger partial charge is 0.497 e. The monoisotopic (exact) mass is 370 g/mol. The number of fused-ring (bicyclic) bond motifs is 1. The van der Waals surface area contributed by atoms with Crippen LogP contribution in [0.1, 0.15) is 28.9 Å². The van der Waals surface area contributed by atoms with Crippen LogP contribution in [-0.4, -0.2) is 36.8 Å². The number of hydrogen-bond acceptors (Lipinski definition) is 4. The molecule has 2 aromatic heterocycles. The van der Waals surface area contributed by atoms with E-state index in [0.29, 0.717) is 18.8 Å². The standard InChI is InChI=1S/C20H22N2O3S/c1-24-15-5-2-4-14(10-15)13-22-17-7-9-26-19(17)11-18(22)20(23)21-12-16-6-3-8-25-16/h2,4-5,7,9-11,16H,3,6,8,12-13H2,1H3,(H,21,23). The van der Waals surface area contributed by atoms with Crippen LogP contribution in [0.5, 0.6) is 5.75 Å². The Morgan fingerprint density at radius 3 is 3.12 bits per heavy atom. The average molecular weight is 370 g/mol. The number of nitrogens with zero attached hydrogens (tertiary/aromatic N) is 1. The van der Waals surface area contributed by atoms with Crippen LogP contribution in [0.15, 0.2) is 41.8 Å². The van der Waals surface area contributed by atoms with Crippen molar-refractivity contribution in [2.45, 2.75) is 25.5 Å². The highest BCUT2D eigenvalue weighted by molar-refractivity contribution is 7.17. The van der Waals surface area contributed by atoms with Gasteiger partial charge in [-0.2, -0.15) is 0 Å². The molecule has 0 radical (unpaired) electrons. The number of hydrogen-bond donors (Lipinski definition) is 1. The Balaban J connectivity index is 1.59. The van der Waals surface area contributed by atoms with Gasteiger partial charge in [0, 0.05) is 19.7 Å². The van der Waals surface area contributed by atoms with Gasteiger partial charge in [0.1, 0.15) is 11.4 Å². The summed E-state index contributed by atoms with van der Waals surface area (Å²) >= 11 is 1.65. The SMILES string of the molecule is COc1cccc(Cn2c(C(=O)NCC3CCCO3)cc3sccc32)c1. The summed E-state index contributed by atoms with van der Waals surface area (Å²) in [5, 5.41) is 5.09. The summed E-state index contributed by atoms with van der Waals surface area (Å²) in [5.41, 5.74) is 2.87. The summed E-state index contributed by atoms with van der Waals surface area (Å²) in [6.45, 7) is 1.99. The van der Waals surface area contributed by atoms with Gasteiger partial charge in [0.05, 0.1) is 23.4 Å². The predicted molar refractivity (Wildman–Crippen MR) is 103 cm³/mol. The number of benzene rings is 1. The maximum Gasteiger partial charge on any atom is 0.268 e. The zero-order chi connectivity index (χ0) is 17.9. The van der Waals surface area contributed by atoms with Crippen molar-refractivity contribution in [2.24, 2.45) is 0 Å². The van der Waals surface area contributed by atoms with Crippen LogP contribution in [-0.2, 0) is 11.3 Å². The first-order valence-electron chi connectivity index (χ1n) is 8.84. The molecule has 1 aromatic carbocycles. The Morgan fingerprint density at radius 1 is 1.38 bits per heavy atom. The first-order chi connectivity index (χ1) is 12.7. The van der Waals surface area contributed by atoms with Gasteiger partial charge in [-0.05, 0) is 48.1 Å². The maximum absolute atomic E-state index is 12.8. The topological polar surface area (TPSA) is 52.5 Å². The van der Waals surface area contributed by atoms with Crippen molar-refractivity contribution in [3.63, 3.8) is 0 Å². The Kier molecular flexibility index (Phi) is 4.95. The van der Waals surface area contributed by atoms with Crippen LogP contribution in [0.3, 0.4) is 0 Å². The third-order valence-electron chi connectivity index (χ3n) is 4.74. The van der Waals surface area contributed by atoms with Gasteiger partial charge >= 0.3 is 0 Å². The second-order valence-electron chi connectivity index (χ2n) is 6.48. The van der Waals surface area contributed by atoms with Gasteiger partial charge in [0.2, 0.25) is 0 Å². The summed E-state index contributed by atoms with van der Waals surface area (Å²) in [5.74, 6) is 0.771. The number of thiophene rings is 1. The molecule has 0 spiro atoms. The first kappa shape index (κ1) is 17.1. The van der Waals surface area contributed by atoms with E-state index in [1.807, 2.05) is 24.3 Å². The number of carbonyl (C=O) groups is 1. The molecule has 1 unspecified atom stereocenters. The zero-order valence-electron chi connectivity index (χ0n) is 14.7. The lowest BCUT2D eigenvalue weighted by molar-refractivity contribution is 0.0851. The first-order valence-corrected chi connectivity index (χ1v) is 9.72. The molecule has 1 saturated heterocycles.